The summed E-state index contributed by atoms with van der Waals surface area (Å²) >= 11 is 0. The lowest BCUT2D eigenvalue weighted by Gasteiger charge is -2.25. The summed E-state index contributed by atoms with van der Waals surface area (Å²) in [6.45, 7) is 4.91. The predicted octanol–water partition coefficient (Wildman–Crippen LogP) is 3.44. The third kappa shape index (κ3) is 3.62. The van der Waals surface area contributed by atoms with Crippen LogP contribution in [-0.4, -0.2) is 27.5 Å². The lowest BCUT2D eigenvalue weighted by molar-refractivity contribution is -0.385. The van der Waals surface area contributed by atoms with Crippen molar-refractivity contribution < 1.29 is 14.5 Å². The Morgan fingerprint density at radius 1 is 1.14 bits per heavy atom. The quantitative estimate of drug-likeness (QED) is 0.648. The Labute approximate surface area is 162 Å². The average molecular weight is 380 g/mol. The summed E-state index contributed by atoms with van der Waals surface area (Å²) in [6.07, 6.45) is 0. The Morgan fingerprint density at radius 3 is 2.50 bits per heavy atom. The lowest BCUT2D eigenvalue weighted by Crippen LogP contribution is -2.36. The van der Waals surface area contributed by atoms with Gasteiger partial charge in [-0.05, 0) is 31.0 Å². The van der Waals surface area contributed by atoms with Gasteiger partial charge in [-0.2, -0.15) is 5.10 Å². The van der Waals surface area contributed by atoms with Crippen LogP contribution in [0, 0.1) is 23.0 Å². The fourth-order valence-corrected chi connectivity index (χ4v) is 3.34. The smallest absolute Gasteiger partial charge is 0.269 e. The van der Waals surface area contributed by atoms with Crippen LogP contribution in [0.3, 0.4) is 0 Å². The Morgan fingerprint density at radius 2 is 1.86 bits per heavy atom. The van der Waals surface area contributed by atoms with Crippen LogP contribution in [0.4, 0.5) is 11.4 Å². The van der Waals surface area contributed by atoms with E-state index in [2.05, 4.69) is 10.4 Å². The van der Waals surface area contributed by atoms with Crippen LogP contribution >= 0.6 is 0 Å². The highest BCUT2D eigenvalue weighted by Gasteiger charge is 2.43. The molecule has 2 unspecified atom stereocenters. The molecule has 144 valence electrons. The van der Waals surface area contributed by atoms with Gasteiger partial charge in [0.15, 0.2) is 0 Å². The fraction of sp³-hybridized carbons (Fsp3) is 0.250. The van der Waals surface area contributed by atoms with Gasteiger partial charge in [-0.3, -0.25) is 19.7 Å². The normalized spacial score (nSPS) is 18.5. The number of hydrogen-bond acceptors (Lipinski definition) is 5. The molecule has 1 N–H and O–H groups in total. The first-order valence-electron chi connectivity index (χ1n) is 8.75. The standard InChI is InChI=1S/C20H20N4O4/c1-12-7-4-5-10-17(12)21-20(26)18-13(2)22-23(14(3)25)19(18)15-8-6-9-16(11-15)24(27)28/h4-11,18-19H,1-3H3,(H,21,26). The Hall–Kier alpha value is -3.55. The number of amides is 2. The first-order chi connectivity index (χ1) is 13.3. The van der Waals surface area contributed by atoms with Crippen molar-refractivity contribution in [2.75, 3.05) is 5.32 Å². The molecule has 3 rings (SSSR count). The second-order valence-corrected chi connectivity index (χ2v) is 6.68. The number of para-hydroxylation sites is 1. The molecule has 8 heteroatoms. The number of anilines is 1. The molecule has 8 nitrogen and oxygen atoms in total. The maximum absolute atomic E-state index is 13.1. The van der Waals surface area contributed by atoms with E-state index in [1.54, 1.807) is 19.1 Å². The number of carbonyl (C=O) groups is 2. The van der Waals surface area contributed by atoms with Crippen molar-refractivity contribution >= 4 is 28.9 Å². The fourth-order valence-electron chi connectivity index (χ4n) is 3.34. The van der Waals surface area contributed by atoms with E-state index in [0.29, 0.717) is 17.0 Å². The van der Waals surface area contributed by atoms with Crippen molar-refractivity contribution in [1.82, 2.24) is 5.01 Å². The third-order valence-electron chi connectivity index (χ3n) is 4.73. The molecule has 0 bridgehead atoms. The van der Waals surface area contributed by atoms with Gasteiger partial charge < -0.3 is 5.32 Å². The topological polar surface area (TPSA) is 105 Å². The van der Waals surface area contributed by atoms with Gasteiger partial charge in [0.1, 0.15) is 5.92 Å². The van der Waals surface area contributed by atoms with Gasteiger partial charge in [0, 0.05) is 24.7 Å². The van der Waals surface area contributed by atoms with Crippen molar-refractivity contribution in [1.29, 1.82) is 0 Å². The van der Waals surface area contributed by atoms with Crippen LogP contribution in [0.1, 0.15) is 31.0 Å². The molecule has 2 aromatic rings. The Bertz CT molecular complexity index is 986. The largest absolute Gasteiger partial charge is 0.325 e. The maximum atomic E-state index is 13.1. The molecule has 28 heavy (non-hydrogen) atoms. The van der Waals surface area contributed by atoms with E-state index in [4.69, 9.17) is 0 Å². The monoisotopic (exact) mass is 380 g/mol. The highest BCUT2D eigenvalue weighted by atomic mass is 16.6. The number of nitro groups is 1. The van der Waals surface area contributed by atoms with Crippen molar-refractivity contribution in [3.63, 3.8) is 0 Å². The van der Waals surface area contributed by atoms with Crippen LogP contribution in [0.15, 0.2) is 53.6 Å². The van der Waals surface area contributed by atoms with E-state index in [1.807, 2.05) is 25.1 Å². The van der Waals surface area contributed by atoms with Gasteiger partial charge in [0.05, 0.1) is 16.7 Å². The van der Waals surface area contributed by atoms with Crippen LogP contribution < -0.4 is 5.32 Å². The van der Waals surface area contributed by atoms with E-state index >= 15 is 0 Å². The van der Waals surface area contributed by atoms with Gasteiger partial charge in [0.2, 0.25) is 11.8 Å². The molecule has 0 aromatic heterocycles. The summed E-state index contributed by atoms with van der Waals surface area (Å²) in [6, 6.07) is 12.6. The molecule has 1 heterocycles. The number of nitro benzene ring substituents is 1. The molecular formula is C20H20N4O4. The van der Waals surface area contributed by atoms with E-state index in [0.717, 1.165) is 5.56 Å². The molecule has 2 atom stereocenters. The van der Waals surface area contributed by atoms with Gasteiger partial charge in [-0.25, -0.2) is 5.01 Å². The van der Waals surface area contributed by atoms with E-state index in [-0.39, 0.29) is 17.5 Å². The van der Waals surface area contributed by atoms with Crippen LogP contribution in [-0.2, 0) is 9.59 Å². The summed E-state index contributed by atoms with van der Waals surface area (Å²) in [5, 5.41) is 19.5. The van der Waals surface area contributed by atoms with Crippen molar-refractivity contribution in [2.24, 2.45) is 11.0 Å². The highest BCUT2D eigenvalue weighted by molar-refractivity contribution is 6.11. The maximum Gasteiger partial charge on any atom is 0.269 e. The summed E-state index contributed by atoms with van der Waals surface area (Å²) in [4.78, 5) is 35.9. The summed E-state index contributed by atoms with van der Waals surface area (Å²) in [7, 11) is 0. The van der Waals surface area contributed by atoms with Gasteiger partial charge in [-0.1, -0.05) is 30.3 Å². The summed E-state index contributed by atoms with van der Waals surface area (Å²) in [5.41, 5.74) is 2.41. The number of aryl methyl sites for hydroxylation is 1. The zero-order valence-electron chi connectivity index (χ0n) is 15.7. The van der Waals surface area contributed by atoms with E-state index in [1.165, 1.54) is 30.1 Å². The number of non-ortho nitro benzene ring substituents is 1. The molecule has 1 aliphatic heterocycles. The summed E-state index contributed by atoms with van der Waals surface area (Å²) < 4.78 is 0. The molecule has 2 aromatic carbocycles. The van der Waals surface area contributed by atoms with E-state index < -0.39 is 16.9 Å². The predicted molar refractivity (Wildman–Crippen MR) is 105 cm³/mol. The highest BCUT2D eigenvalue weighted by Crippen LogP contribution is 2.37. The van der Waals surface area contributed by atoms with Crippen molar-refractivity contribution in [2.45, 2.75) is 26.8 Å². The number of hydrazone groups is 1. The number of nitrogens with zero attached hydrogens (tertiary/aromatic N) is 3. The summed E-state index contributed by atoms with van der Waals surface area (Å²) in [5.74, 6) is -1.43. The van der Waals surface area contributed by atoms with Crippen molar-refractivity contribution in [3.05, 3.63) is 69.8 Å². The van der Waals surface area contributed by atoms with Crippen LogP contribution in [0.25, 0.3) is 0 Å². The minimum atomic E-state index is -0.759. The minimum Gasteiger partial charge on any atom is -0.325 e. The second-order valence-electron chi connectivity index (χ2n) is 6.68. The second kappa shape index (κ2) is 7.59. The molecule has 0 fully saturated rings. The Balaban J connectivity index is 2.00. The zero-order valence-corrected chi connectivity index (χ0v) is 15.7. The molecule has 1 aliphatic rings. The SMILES string of the molecule is CC(=O)N1N=C(C)C(C(=O)Nc2ccccc2C)C1c1cccc([N+](=O)[O-])c1. The molecule has 0 spiro atoms. The zero-order chi connectivity index (χ0) is 20.4. The number of benzene rings is 2. The third-order valence-corrected chi connectivity index (χ3v) is 4.73. The number of carbonyl (C=O) groups excluding carboxylic acids is 2. The average Bonchev–Trinajstić information content (AvgIpc) is 3.01. The van der Waals surface area contributed by atoms with Gasteiger partial charge in [-0.15, -0.1) is 0 Å². The molecule has 0 saturated heterocycles. The van der Waals surface area contributed by atoms with E-state index in [9.17, 15) is 19.7 Å². The number of nitrogens with one attached hydrogen (secondary N) is 1. The number of rotatable bonds is 4. The minimum absolute atomic E-state index is 0.108. The first-order valence-corrected chi connectivity index (χ1v) is 8.75. The van der Waals surface area contributed by atoms with Crippen molar-refractivity contribution in [3.8, 4) is 0 Å². The lowest BCUT2D eigenvalue weighted by atomic mass is 9.89. The Kier molecular flexibility index (Phi) is 5.21. The first kappa shape index (κ1) is 19.2. The number of hydrogen-bond donors (Lipinski definition) is 1. The molecule has 0 radical (unpaired) electrons. The molecule has 0 saturated carbocycles. The molecule has 0 aliphatic carbocycles. The molecule has 2 amide bonds. The van der Waals surface area contributed by atoms with Crippen LogP contribution in [0.2, 0.25) is 0 Å². The van der Waals surface area contributed by atoms with Gasteiger partial charge >= 0.3 is 0 Å². The van der Waals surface area contributed by atoms with Gasteiger partial charge in [0.25, 0.3) is 5.69 Å². The van der Waals surface area contributed by atoms with Crippen LogP contribution in [0.5, 0.6) is 0 Å². The molecular weight excluding hydrogens is 360 g/mol.